The summed E-state index contributed by atoms with van der Waals surface area (Å²) in [6, 6.07) is 25.1. The third kappa shape index (κ3) is 4.86. The largest absolute Gasteiger partial charge is 0.463 e. The summed E-state index contributed by atoms with van der Waals surface area (Å²) in [5.41, 5.74) is 4.08. The van der Waals surface area contributed by atoms with Crippen LogP contribution in [-0.2, 0) is 16.1 Å². The molecule has 1 atom stereocenters. The number of non-ortho nitro benzene ring substituents is 1. The molecule has 0 spiro atoms. The SMILES string of the molecule is CCOC(=O)C1=C(C)N=c2s/c(=C/c3cc4ccccc4n3Cc3ccc([N+](=O)[O-])cc3)c(=O)n2C1c1ccccc1. The van der Waals surface area contributed by atoms with Gasteiger partial charge >= 0.3 is 5.97 Å². The van der Waals surface area contributed by atoms with E-state index in [0.29, 0.717) is 27.1 Å². The molecule has 5 aromatic rings. The molecule has 10 heteroatoms. The Morgan fingerprint density at radius 3 is 2.50 bits per heavy atom. The molecule has 6 rings (SSSR count). The number of nitro benzene ring substituents is 1. The van der Waals surface area contributed by atoms with Crippen LogP contribution in [0.25, 0.3) is 17.0 Å². The van der Waals surface area contributed by atoms with Gasteiger partial charge in [-0.3, -0.25) is 19.5 Å². The number of allylic oxidation sites excluding steroid dienone is 1. The van der Waals surface area contributed by atoms with Crippen LogP contribution < -0.4 is 14.9 Å². The number of fused-ring (bicyclic) bond motifs is 2. The second-order valence-corrected chi connectivity index (χ2v) is 10.9. The maximum Gasteiger partial charge on any atom is 0.338 e. The number of carbonyl (C=O) groups is 1. The lowest BCUT2D eigenvalue weighted by atomic mass is 9.96. The average molecular weight is 579 g/mol. The monoisotopic (exact) mass is 578 g/mol. The standard InChI is InChI=1S/C32H26N4O5S/c1-3-41-31(38)28-20(2)33-32-35(29(28)22-9-5-4-6-10-22)30(37)27(42-32)18-25-17-23-11-7-8-12-26(23)34(25)19-21-13-15-24(16-14-21)36(39)40/h4-18,29H,3,19H2,1-2H3/b27-18+. The summed E-state index contributed by atoms with van der Waals surface area (Å²) >= 11 is 1.27. The predicted molar refractivity (Wildman–Crippen MR) is 161 cm³/mol. The summed E-state index contributed by atoms with van der Waals surface area (Å²) in [4.78, 5) is 43.0. The van der Waals surface area contributed by atoms with Crippen LogP contribution in [0.5, 0.6) is 0 Å². The van der Waals surface area contributed by atoms with E-state index in [1.165, 1.54) is 23.5 Å². The minimum Gasteiger partial charge on any atom is -0.463 e. The van der Waals surface area contributed by atoms with E-state index in [1.807, 2.05) is 66.7 Å². The highest BCUT2D eigenvalue weighted by Gasteiger charge is 2.33. The van der Waals surface area contributed by atoms with Crippen LogP contribution in [0.4, 0.5) is 5.69 Å². The number of nitro groups is 1. The van der Waals surface area contributed by atoms with Gasteiger partial charge in [0.2, 0.25) is 0 Å². The van der Waals surface area contributed by atoms with Crippen molar-refractivity contribution in [3.8, 4) is 0 Å². The number of ether oxygens (including phenoxy) is 1. The molecule has 0 aliphatic carbocycles. The Bertz CT molecular complexity index is 2050. The van der Waals surface area contributed by atoms with Gasteiger partial charge < -0.3 is 9.30 Å². The van der Waals surface area contributed by atoms with E-state index in [4.69, 9.17) is 4.74 Å². The molecule has 1 aliphatic heterocycles. The fourth-order valence-corrected chi connectivity index (χ4v) is 6.34. The highest BCUT2D eigenvalue weighted by molar-refractivity contribution is 7.07. The van der Waals surface area contributed by atoms with Gasteiger partial charge in [0.25, 0.3) is 11.2 Å². The van der Waals surface area contributed by atoms with Gasteiger partial charge in [-0.05, 0) is 43.2 Å². The summed E-state index contributed by atoms with van der Waals surface area (Å²) in [6.07, 6.45) is 1.85. The number of para-hydroxylation sites is 1. The van der Waals surface area contributed by atoms with E-state index in [9.17, 15) is 19.7 Å². The van der Waals surface area contributed by atoms with Gasteiger partial charge in [-0.2, -0.15) is 0 Å². The molecule has 42 heavy (non-hydrogen) atoms. The fourth-order valence-electron chi connectivity index (χ4n) is 5.31. The molecule has 0 radical (unpaired) electrons. The first kappa shape index (κ1) is 27.1. The third-order valence-corrected chi connectivity index (χ3v) is 8.22. The summed E-state index contributed by atoms with van der Waals surface area (Å²) in [5.74, 6) is -0.495. The first-order valence-electron chi connectivity index (χ1n) is 13.4. The molecule has 9 nitrogen and oxygen atoms in total. The van der Waals surface area contributed by atoms with Crippen molar-refractivity contribution in [2.45, 2.75) is 26.4 Å². The molecule has 1 unspecified atom stereocenters. The minimum atomic E-state index is -0.672. The second-order valence-electron chi connectivity index (χ2n) is 9.85. The van der Waals surface area contributed by atoms with Crippen LogP contribution in [0.1, 0.15) is 36.7 Å². The lowest BCUT2D eigenvalue weighted by molar-refractivity contribution is -0.384. The zero-order valence-corrected chi connectivity index (χ0v) is 23.7. The van der Waals surface area contributed by atoms with E-state index in [-0.39, 0.29) is 17.9 Å². The van der Waals surface area contributed by atoms with Crippen molar-refractivity contribution in [2.75, 3.05) is 6.61 Å². The maximum atomic E-state index is 14.1. The van der Waals surface area contributed by atoms with Crippen molar-refractivity contribution in [1.29, 1.82) is 0 Å². The van der Waals surface area contributed by atoms with E-state index in [1.54, 1.807) is 30.5 Å². The smallest absolute Gasteiger partial charge is 0.338 e. The summed E-state index contributed by atoms with van der Waals surface area (Å²) in [7, 11) is 0. The maximum absolute atomic E-state index is 14.1. The predicted octanol–water partition coefficient (Wildman–Crippen LogP) is 4.71. The molecule has 2 aromatic heterocycles. The van der Waals surface area contributed by atoms with Crippen molar-refractivity contribution < 1.29 is 14.5 Å². The molecule has 0 bridgehead atoms. The number of hydrogen-bond donors (Lipinski definition) is 0. The van der Waals surface area contributed by atoms with Crippen LogP contribution >= 0.6 is 11.3 Å². The van der Waals surface area contributed by atoms with Crippen LogP contribution in [-0.4, -0.2) is 26.6 Å². The number of rotatable bonds is 7. The lowest BCUT2D eigenvalue weighted by Crippen LogP contribution is -2.40. The Hall–Kier alpha value is -5.09. The molecular weight excluding hydrogens is 552 g/mol. The first-order valence-corrected chi connectivity index (χ1v) is 14.2. The van der Waals surface area contributed by atoms with Crippen LogP contribution in [0.15, 0.2) is 106 Å². The normalized spacial score (nSPS) is 15.0. The molecule has 0 saturated carbocycles. The second kappa shape index (κ2) is 11.1. The molecule has 3 aromatic carbocycles. The van der Waals surface area contributed by atoms with Gasteiger partial charge in [0, 0.05) is 35.3 Å². The van der Waals surface area contributed by atoms with Crippen molar-refractivity contribution in [3.63, 3.8) is 0 Å². The lowest BCUT2D eigenvalue weighted by Gasteiger charge is -2.24. The van der Waals surface area contributed by atoms with E-state index in [2.05, 4.69) is 9.56 Å². The first-order chi connectivity index (χ1) is 20.4. The van der Waals surface area contributed by atoms with E-state index >= 15 is 0 Å². The molecule has 0 saturated heterocycles. The van der Waals surface area contributed by atoms with Crippen molar-refractivity contribution in [2.24, 2.45) is 4.99 Å². The average Bonchev–Trinajstić information content (AvgIpc) is 3.49. The molecule has 210 valence electrons. The molecule has 0 fully saturated rings. The molecule has 1 aliphatic rings. The summed E-state index contributed by atoms with van der Waals surface area (Å²) in [5, 5.41) is 12.1. The van der Waals surface area contributed by atoms with Gasteiger partial charge in [0.15, 0.2) is 4.80 Å². The summed E-state index contributed by atoms with van der Waals surface area (Å²) in [6.45, 7) is 4.17. The highest BCUT2D eigenvalue weighted by atomic mass is 32.1. The molecule has 0 amide bonds. The zero-order chi connectivity index (χ0) is 29.4. The third-order valence-electron chi connectivity index (χ3n) is 7.24. The fraction of sp³-hybridized carbons (Fsp3) is 0.156. The molecular formula is C32H26N4O5S. The quantitative estimate of drug-likeness (QED) is 0.158. The van der Waals surface area contributed by atoms with Crippen LogP contribution in [0.3, 0.4) is 0 Å². The Balaban J connectivity index is 1.51. The number of nitrogens with zero attached hydrogens (tertiary/aromatic N) is 4. The Morgan fingerprint density at radius 2 is 1.79 bits per heavy atom. The zero-order valence-electron chi connectivity index (χ0n) is 22.9. The van der Waals surface area contributed by atoms with Crippen molar-refractivity contribution in [3.05, 3.63) is 143 Å². The van der Waals surface area contributed by atoms with Gasteiger partial charge in [-0.1, -0.05) is 72.0 Å². The Morgan fingerprint density at radius 1 is 1.07 bits per heavy atom. The topological polar surface area (TPSA) is 109 Å². The van der Waals surface area contributed by atoms with Gasteiger partial charge in [0.05, 0.1) is 33.4 Å². The van der Waals surface area contributed by atoms with E-state index < -0.39 is 16.9 Å². The number of hydrogen-bond acceptors (Lipinski definition) is 7. The number of benzene rings is 3. The summed E-state index contributed by atoms with van der Waals surface area (Å²) < 4.78 is 9.50. The number of thiazole rings is 1. The molecule has 0 N–H and O–H groups in total. The number of aromatic nitrogens is 2. The number of carbonyl (C=O) groups excluding carboxylic acids is 1. The van der Waals surface area contributed by atoms with Crippen LogP contribution in [0.2, 0.25) is 0 Å². The van der Waals surface area contributed by atoms with Crippen molar-refractivity contribution in [1.82, 2.24) is 9.13 Å². The van der Waals surface area contributed by atoms with Crippen molar-refractivity contribution >= 4 is 40.0 Å². The highest BCUT2D eigenvalue weighted by Crippen LogP contribution is 2.30. The van der Waals surface area contributed by atoms with Gasteiger partial charge in [-0.25, -0.2) is 9.79 Å². The Kier molecular flexibility index (Phi) is 7.13. The van der Waals surface area contributed by atoms with Gasteiger partial charge in [0.1, 0.15) is 0 Å². The number of esters is 1. The van der Waals surface area contributed by atoms with E-state index in [0.717, 1.165) is 27.7 Å². The van der Waals surface area contributed by atoms with Crippen LogP contribution in [0, 0.1) is 10.1 Å². The minimum absolute atomic E-state index is 0.0305. The Labute approximate surface area is 244 Å². The van der Waals surface area contributed by atoms with Gasteiger partial charge in [-0.15, -0.1) is 0 Å². The molecule has 3 heterocycles.